The molecule has 0 spiro atoms. The Labute approximate surface area is 280 Å². The number of carbonyl (C=O) groups excluding carboxylic acids is 2. The van der Waals surface area contributed by atoms with E-state index in [4.69, 9.17) is 5.11 Å². The summed E-state index contributed by atoms with van der Waals surface area (Å²) in [6.07, 6.45) is 34.7. The second kappa shape index (κ2) is 41.5. The predicted octanol–water partition coefficient (Wildman–Crippen LogP) is 9.69. The van der Waals surface area contributed by atoms with Crippen LogP contribution in [0.5, 0.6) is 0 Å². The first kappa shape index (κ1) is 44.6. The summed E-state index contributed by atoms with van der Waals surface area (Å²) in [6, 6.07) is -0.0513. The largest absolute Gasteiger partial charge is 0.396 e. The van der Waals surface area contributed by atoms with Gasteiger partial charge in [0.15, 0.2) is 0 Å². The maximum atomic E-state index is 11.4. The molecule has 8 heteroatoms. The van der Waals surface area contributed by atoms with Gasteiger partial charge in [0.05, 0.1) is 0 Å². The molecule has 0 aliphatic heterocycles. The van der Waals surface area contributed by atoms with E-state index < -0.39 is 0 Å². The molecule has 0 heterocycles. The number of hydrogen-bond donors (Lipinski definition) is 5. The lowest BCUT2D eigenvalue weighted by Gasteiger charge is -2.06. The van der Waals surface area contributed by atoms with Crippen molar-refractivity contribution in [3.8, 4) is 0 Å². The number of amides is 4. The van der Waals surface area contributed by atoms with Crippen LogP contribution in [0.1, 0.15) is 155 Å². The van der Waals surface area contributed by atoms with Crippen LogP contribution in [0.15, 0.2) is 24.3 Å². The van der Waals surface area contributed by atoms with Crippen molar-refractivity contribution in [1.29, 1.82) is 0 Å². The standard InChI is InChI=1S/C18H35BrN2O.C18H36N2O2/c1-2-3-13-16-20-18(22)21-17-14-11-9-7-5-4-6-8-10-12-15-19;1-2-3-12-15-19-18(22)20-16-13-10-8-6-4-5-7-9-11-14-17-21/h5,7H,2-4,6,8-17H2,1H3,(H2,20,21,22);4,6,21H,2-3,5,7-17H2,1H3,(H2,19,20,22)/b7-5-;6-4-. The van der Waals surface area contributed by atoms with Gasteiger partial charge in [-0.15, -0.1) is 0 Å². The summed E-state index contributed by atoms with van der Waals surface area (Å²) in [5, 5.41) is 21.4. The molecule has 0 unspecified atom stereocenters. The number of halogens is 1. The van der Waals surface area contributed by atoms with Crippen LogP contribution in [0.25, 0.3) is 0 Å². The summed E-state index contributed by atoms with van der Waals surface area (Å²) in [7, 11) is 0. The van der Waals surface area contributed by atoms with Crippen molar-refractivity contribution in [1.82, 2.24) is 21.3 Å². The Balaban J connectivity index is 0. The van der Waals surface area contributed by atoms with Gasteiger partial charge in [0, 0.05) is 38.1 Å². The highest BCUT2D eigenvalue weighted by atomic mass is 79.9. The van der Waals surface area contributed by atoms with E-state index in [2.05, 4.69) is 75.3 Å². The summed E-state index contributed by atoms with van der Waals surface area (Å²) in [6.45, 7) is 7.75. The van der Waals surface area contributed by atoms with Gasteiger partial charge in [-0.3, -0.25) is 0 Å². The molecule has 0 rings (SSSR count). The number of nitrogens with one attached hydrogen (secondary N) is 4. The molecule has 0 saturated carbocycles. The maximum Gasteiger partial charge on any atom is 0.314 e. The van der Waals surface area contributed by atoms with Gasteiger partial charge in [-0.2, -0.15) is 0 Å². The molecular formula is C36H71BrN4O3. The number of aliphatic hydroxyl groups is 1. The number of aliphatic hydroxyl groups excluding tert-OH is 1. The lowest BCUT2D eigenvalue weighted by molar-refractivity contribution is 0.239. The van der Waals surface area contributed by atoms with Gasteiger partial charge >= 0.3 is 12.1 Å². The topological polar surface area (TPSA) is 102 Å². The molecule has 0 aromatic heterocycles. The van der Waals surface area contributed by atoms with Crippen LogP contribution in [0.3, 0.4) is 0 Å². The molecule has 4 amide bonds. The molecule has 0 bridgehead atoms. The molecule has 5 N–H and O–H groups in total. The van der Waals surface area contributed by atoms with Crippen LogP contribution in [0.4, 0.5) is 9.59 Å². The second-order valence-electron chi connectivity index (χ2n) is 11.5. The number of unbranched alkanes of at least 4 members (excludes halogenated alkanes) is 16. The van der Waals surface area contributed by atoms with E-state index in [0.29, 0.717) is 6.61 Å². The molecule has 0 fully saturated rings. The van der Waals surface area contributed by atoms with E-state index in [1.165, 1.54) is 70.6 Å². The van der Waals surface area contributed by atoms with Gasteiger partial charge in [-0.25, -0.2) is 9.59 Å². The molecule has 0 saturated heterocycles. The van der Waals surface area contributed by atoms with Crippen molar-refractivity contribution in [2.24, 2.45) is 0 Å². The Hall–Kier alpha value is -1.54. The van der Waals surface area contributed by atoms with Crippen molar-refractivity contribution in [3.05, 3.63) is 24.3 Å². The van der Waals surface area contributed by atoms with E-state index in [1.807, 2.05) is 0 Å². The fraction of sp³-hybridized carbons (Fsp3) is 0.833. The second-order valence-corrected chi connectivity index (χ2v) is 12.3. The van der Waals surface area contributed by atoms with Crippen molar-refractivity contribution in [2.45, 2.75) is 155 Å². The zero-order valence-electron chi connectivity index (χ0n) is 28.8. The van der Waals surface area contributed by atoms with E-state index in [9.17, 15) is 9.59 Å². The van der Waals surface area contributed by atoms with Gasteiger partial charge in [0.2, 0.25) is 0 Å². The molecule has 44 heavy (non-hydrogen) atoms. The fourth-order valence-corrected chi connectivity index (χ4v) is 4.76. The fourth-order valence-electron chi connectivity index (χ4n) is 4.37. The van der Waals surface area contributed by atoms with Crippen molar-refractivity contribution in [2.75, 3.05) is 38.1 Å². The molecule has 0 radical (unpaired) electrons. The van der Waals surface area contributed by atoms with E-state index in [-0.39, 0.29) is 12.1 Å². The maximum absolute atomic E-state index is 11.4. The molecule has 7 nitrogen and oxygen atoms in total. The minimum absolute atomic E-state index is 0.0184. The summed E-state index contributed by atoms with van der Waals surface area (Å²) >= 11 is 3.46. The normalized spacial score (nSPS) is 11.0. The number of hydrogen-bond acceptors (Lipinski definition) is 3. The lowest BCUT2D eigenvalue weighted by atomic mass is 10.1. The predicted molar refractivity (Wildman–Crippen MR) is 195 cm³/mol. The van der Waals surface area contributed by atoms with Gasteiger partial charge < -0.3 is 26.4 Å². The van der Waals surface area contributed by atoms with Crippen LogP contribution >= 0.6 is 15.9 Å². The zero-order valence-corrected chi connectivity index (χ0v) is 30.3. The minimum atomic E-state index is -0.0328. The van der Waals surface area contributed by atoms with E-state index in [0.717, 1.165) is 102 Å². The first-order valence-electron chi connectivity index (χ1n) is 18.1. The summed E-state index contributed by atoms with van der Waals surface area (Å²) in [5.41, 5.74) is 0. The van der Waals surface area contributed by atoms with E-state index >= 15 is 0 Å². The zero-order chi connectivity index (χ0) is 32.6. The Morgan fingerprint density at radius 2 is 0.795 bits per heavy atom. The molecule has 0 aromatic carbocycles. The van der Waals surface area contributed by atoms with Gasteiger partial charge in [-0.1, -0.05) is 105 Å². The van der Waals surface area contributed by atoms with Gasteiger partial charge in [0.25, 0.3) is 0 Å². The van der Waals surface area contributed by atoms with Crippen molar-refractivity contribution < 1.29 is 14.7 Å². The number of allylic oxidation sites excluding steroid dienone is 4. The molecule has 0 aromatic rings. The molecular weight excluding hydrogens is 616 g/mol. The molecule has 0 aliphatic rings. The third kappa shape index (κ3) is 42.6. The van der Waals surface area contributed by atoms with E-state index in [1.54, 1.807) is 0 Å². The first-order chi connectivity index (χ1) is 21.6. The lowest BCUT2D eigenvalue weighted by Crippen LogP contribution is -2.36. The Kier molecular flexibility index (Phi) is 42.0. The quantitative estimate of drug-likeness (QED) is 0.0295. The highest BCUT2D eigenvalue weighted by Crippen LogP contribution is 2.06. The monoisotopic (exact) mass is 686 g/mol. The molecule has 260 valence electrons. The molecule has 0 aliphatic carbocycles. The summed E-state index contributed by atoms with van der Waals surface area (Å²) in [5.74, 6) is 0. The third-order valence-electron chi connectivity index (χ3n) is 7.16. The number of carbonyl (C=O) groups is 2. The smallest absolute Gasteiger partial charge is 0.314 e. The van der Waals surface area contributed by atoms with Gasteiger partial charge in [0.1, 0.15) is 0 Å². The Bertz CT molecular complexity index is 593. The third-order valence-corrected chi connectivity index (χ3v) is 7.73. The van der Waals surface area contributed by atoms with Gasteiger partial charge in [-0.05, 0) is 89.9 Å². The highest BCUT2D eigenvalue weighted by Gasteiger charge is 1.98. The first-order valence-corrected chi connectivity index (χ1v) is 19.2. The molecule has 0 atom stereocenters. The number of rotatable bonds is 30. The summed E-state index contributed by atoms with van der Waals surface area (Å²) < 4.78 is 0. The number of alkyl halides is 1. The van der Waals surface area contributed by atoms with Crippen molar-refractivity contribution in [3.63, 3.8) is 0 Å². The SMILES string of the molecule is CCCCCNC(=O)NCCCC/C=C\CCCCCCBr.CCCCCNC(=O)NCCCC/C=C\CCCCCCO. The van der Waals surface area contributed by atoms with Crippen LogP contribution in [-0.4, -0.2) is 55.3 Å². The Morgan fingerprint density at radius 3 is 1.14 bits per heavy atom. The Morgan fingerprint density at radius 1 is 0.477 bits per heavy atom. The van der Waals surface area contributed by atoms with Crippen LogP contribution in [0, 0.1) is 0 Å². The van der Waals surface area contributed by atoms with Crippen LogP contribution in [-0.2, 0) is 0 Å². The van der Waals surface area contributed by atoms with Crippen LogP contribution < -0.4 is 21.3 Å². The van der Waals surface area contributed by atoms with Crippen molar-refractivity contribution >= 4 is 28.0 Å². The highest BCUT2D eigenvalue weighted by molar-refractivity contribution is 9.09. The minimum Gasteiger partial charge on any atom is -0.396 e. The summed E-state index contributed by atoms with van der Waals surface area (Å²) in [4.78, 5) is 22.9. The van der Waals surface area contributed by atoms with Crippen LogP contribution in [0.2, 0.25) is 0 Å². The number of urea groups is 2. The average Bonchev–Trinajstić information content (AvgIpc) is 3.03. The average molecular weight is 688 g/mol.